The second kappa shape index (κ2) is 6.44. The third kappa shape index (κ3) is 4.07. The Balaban J connectivity index is 1.63. The van der Waals surface area contributed by atoms with Crippen molar-refractivity contribution in [2.24, 2.45) is 0 Å². The Labute approximate surface area is 110 Å². The fourth-order valence-corrected chi connectivity index (χ4v) is 2.45. The molecule has 0 saturated heterocycles. The van der Waals surface area contributed by atoms with E-state index in [0.717, 1.165) is 37.1 Å². The first-order valence-corrected chi connectivity index (χ1v) is 6.88. The average molecular weight is 265 g/mol. The fourth-order valence-electron chi connectivity index (χ4n) is 1.80. The number of aryl methyl sites for hydroxylation is 2. The van der Waals surface area contributed by atoms with Crippen molar-refractivity contribution in [2.75, 3.05) is 5.73 Å². The van der Waals surface area contributed by atoms with E-state index >= 15 is 0 Å². The lowest BCUT2D eigenvalue weighted by atomic mass is 10.1. The van der Waals surface area contributed by atoms with Crippen molar-refractivity contribution in [3.05, 3.63) is 40.7 Å². The Bertz CT molecular complexity index is 481. The number of hydrogen-bond acceptors (Lipinski definition) is 4. The van der Waals surface area contributed by atoms with Crippen LogP contribution < -0.4 is 5.73 Å². The van der Waals surface area contributed by atoms with Crippen LogP contribution in [0.5, 0.6) is 0 Å². The van der Waals surface area contributed by atoms with E-state index in [9.17, 15) is 4.39 Å². The highest BCUT2D eigenvalue weighted by Gasteiger charge is 2.00. The molecule has 1 aromatic heterocycles. The molecule has 1 aromatic carbocycles. The lowest BCUT2D eigenvalue weighted by Crippen LogP contribution is -1.89. The average Bonchev–Trinajstić information content (AvgIpc) is 2.77. The van der Waals surface area contributed by atoms with Gasteiger partial charge in [-0.3, -0.25) is 0 Å². The fraction of sp³-hybridized carbons (Fsp3) is 0.385. The van der Waals surface area contributed by atoms with Crippen LogP contribution >= 0.6 is 11.3 Å². The smallest absolute Gasteiger partial charge is 0.203 e. The molecule has 2 N–H and O–H groups in total. The first kappa shape index (κ1) is 13.0. The first-order chi connectivity index (χ1) is 8.74. The summed E-state index contributed by atoms with van der Waals surface area (Å²) in [7, 11) is 0. The number of benzene rings is 1. The van der Waals surface area contributed by atoms with E-state index in [-0.39, 0.29) is 5.82 Å². The van der Waals surface area contributed by atoms with Gasteiger partial charge in [-0.1, -0.05) is 29.9 Å². The van der Waals surface area contributed by atoms with Crippen LogP contribution in [0.2, 0.25) is 0 Å². The molecule has 5 heteroatoms. The minimum absolute atomic E-state index is 0.174. The van der Waals surface area contributed by atoms with Crippen molar-refractivity contribution in [1.29, 1.82) is 0 Å². The van der Waals surface area contributed by atoms with Crippen LogP contribution in [0.1, 0.15) is 29.8 Å². The highest BCUT2D eigenvalue weighted by Crippen LogP contribution is 2.15. The predicted octanol–water partition coefficient (Wildman–Crippen LogP) is 3.21. The zero-order chi connectivity index (χ0) is 12.8. The standard InChI is InChI=1S/C13H16FN3S/c14-11-8-6-10(7-9-11)4-2-1-3-5-12-16-17-13(15)18-12/h6-9H,1-5H2,(H2,15,17). The van der Waals surface area contributed by atoms with Crippen molar-refractivity contribution >= 4 is 16.5 Å². The van der Waals surface area contributed by atoms with Gasteiger partial charge in [0.2, 0.25) is 5.13 Å². The van der Waals surface area contributed by atoms with Gasteiger partial charge in [0.25, 0.3) is 0 Å². The Morgan fingerprint density at radius 3 is 2.39 bits per heavy atom. The molecule has 0 radical (unpaired) electrons. The quantitative estimate of drug-likeness (QED) is 0.816. The molecule has 0 saturated carbocycles. The van der Waals surface area contributed by atoms with E-state index in [1.807, 2.05) is 12.1 Å². The van der Waals surface area contributed by atoms with E-state index in [0.29, 0.717) is 5.13 Å². The summed E-state index contributed by atoms with van der Waals surface area (Å²) in [4.78, 5) is 0. The molecule has 1 heterocycles. The molecule has 0 spiro atoms. The molecule has 0 amide bonds. The summed E-state index contributed by atoms with van der Waals surface area (Å²) >= 11 is 1.46. The topological polar surface area (TPSA) is 51.8 Å². The van der Waals surface area contributed by atoms with Gasteiger partial charge in [0.1, 0.15) is 10.8 Å². The second-order valence-electron chi connectivity index (χ2n) is 4.22. The van der Waals surface area contributed by atoms with Gasteiger partial charge in [-0.2, -0.15) is 0 Å². The predicted molar refractivity (Wildman–Crippen MR) is 72.0 cm³/mol. The summed E-state index contributed by atoms with van der Waals surface area (Å²) in [6, 6.07) is 6.72. The number of nitrogens with two attached hydrogens (primary N) is 1. The van der Waals surface area contributed by atoms with Gasteiger partial charge in [-0.15, -0.1) is 10.2 Å². The van der Waals surface area contributed by atoms with E-state index < -0.39 is 0 Å². The molecule has 0 aliphatic heterocycles. The summed E-state index contributed by atoms with van der Waals surface area (Å²) in [5.41, 5.74) is 6.70. The van der Waals surface area contributed by atoms with Gasteiger partial charge >= 0.3 is 0 Å². The normalized spacial score (nSPS) is 10.7. The van der Waals surface area contributed by atoms with Crippen LogP contribution in [0.15, 0.2) is 24.3 Å². The summed E-state index contributed by atoms with van der Waals surface area (Å²) in [5.74, 6) is -0.174. The number of unbranched alkanes of at least 4 members (excludes halogenated alkanes) is 2. The second-order valence-corrected chi connectivity index (χ2v) is 5.31. The summed E-state index contributed by atoms with van der Waals surface area (Å²) < 4.78 is 12.7. The summed E-state index contributed by atoms with van der Waals surface area (Å²) in [6.45, 7) is 0. The maximum atomic E-state index is 12.7. The molecule has 2 aromatic rings. The molecular formula is C13H16FN3S. The minimum atomic E-state index is -0.174. The first-order valence-electron chi connectivity index (χ1n) is 6.06. The zero-order valence-corrected chi connectivity index (χ0v) is 10.9. The highest BCUT2D eigenvalue weighted by molar-refractivity contribution is 7.15. The van der Waals surface area contributed by atoms with Crippen molar-refractivity contribution in [3.63, 3.8) is 0 Å². The molecule has 0 unspecified atom stereocenters. The Morgan fingerprint density at radius 2 is 1.72 bits per heavy atom. The van der Waals surface area contributed by atoms with Gasteiger partial charge in [0.05, 0.1) is 0 Å². The van der Waals surface area contributed by atoms with Crippen molar-refractivity contribution in [1.82, 2.24) is 10.2 Å². The lowest BCUT2D eigenvalue weighted by molar-refractivity contribution is 0.625. The number of anilines is 1. The van der Waals surface area contributed by atoms with Crippen LogP contribution in [0.4, 0.5) is 9.52 Å². The molecule has 0 bridgehead atoms. The van der Waals surface area contributed by atoms with Crippen molar-refractivity contribution in [3.8, 4) is 0 Å². The highest BCUT2D eigenvalue weighted by atomic mass is 32.1. The van der Waals surface area contributed by atoms with Crippen LogP contribution in [0.25, 0.3) is 0 Å². The number of hydrogen-bond donors (Lipinski definition) is 1. The molecule has 0 aliphatic carbocycles. The molecule has 0 fully saturated rings. The Kier molecular flexibility index (Phi) is 4.64. The van der Waals surface area contributed by atoms with Crippen LogP contribution in [0, 0.1) is 5.82 Å². The number of rotatable bonds is 6. The molecular weight excluding hydrogens is 249 g/mol. The number of aromatic nitrogens is 2. The van der Waals surface area contributed by atoms with Crippen LogP contribution in [-0.4, -0.2) is 10.2 Å². The van der Waals surface area contributed by atoms with E-state index in [2.05, 4.69) is 10.2 Å². The maximum absolute atomic E-state index is 12.7. The third-order valence-electron chi connectivity index (χ3n) is 2.75. The Morgan fingerprint density at radius 1 is 1.00 bits per heavy atom. The molecule has 0 atom stereocenters. The largest absolute Gasteiger partial charge is 0.374 e. The van der Waals surface area contributed by atoms with E-state index in [1.165, 1.54) is 29.0 Å². The summed E-state index contributed by atoms with van der Waals surface area (Å²) in [6.07, 6.45) is 5.28. The van der Waals surface area contributed by atoms with Crippen molar-refractivity contribution in [2.45, 2.75) is 32.1 Å². The van der Waals surface area contributed by atoms with Gasteiger partial charge in [0, 0.05) is 6.42 Å². The zero-order valence-electron chi connectivity index (χ0n) is 10.1. The SMILES string of the molecule is Nc1nnc(CCCCCc2ccc(F)cc2)s1. The lowest BCUT2D eigenvalue weighted by Gasteiger charge is -2.01. The third-order valence-corrected chi connectivity index (χ3v) is 3.56. The maximum Gasteiger partial charge on any atom is 0.203 e. The van der Waals surface area contributed by atoms with E-state index in [1.54, 1.807) is 0 Å². The molecule has 96 valence electrons. The Hall–Kier alpha value is -1.49. The van der Waals surface area contributed by atoms with E-state index in [4.69, 9.17) is 5.73 Å². The van der Waals surface area contributed by atoms with Crippen molar-refractivity contribution < 1.29 is 4.39 Å². The molecule has 0 aliphatic rings. The summed E-state index contributed by atoms with van der Waals surface area (Å²) in [5, 5.41) is 9.31. The molecule has 3 nitrogen and oxygen atoms in total. The number of nitrogens with zero attached hydrogens (tertiary/aromatic N) is 2. The molecule has 18 heavy (non-hydrogen) atoms. The van der Waals surface area contributed by atoms with Gasteiger partial charge in [-0.05, 0) is 37.0 Å². The van der Waals surface area contributed by atoms with Gasteiger partial charge in [-0.25, -0.2) is 4.39 Å². The van der Waals surface area contributed by atoms with Crippen LogP contribution in [0.3, 0.4) is 0 Å². The van der Waals surface area contributed by atoms with Gasteiger partial charge in [0.15, 0.2) is 0 Å². The number of halogens is 1. The molecule has 2 rings (SSSR count). The number of nitrogen functional groups attached to an aromatic ring is 1. The monoisotopic (exact) mass is 265 g/mol. The minimum Gasteiger partial charge on any atom is -0.374 e. The van der Waals surface area contributed by atoms with Gasteiger partial charge < -0.3 is 5.73 Å². The van der Waals surface area contributed by atoms with Crippen LogP contribution in [-0.2, 0) is 12.8 Å².